The van der Waals surface area contributed by atoms with Crippen LogP contribution in [0.3, 0.4) is 0 Å². The number of halogens is 1. The minimum absolute atomic E-state index is 0.0927. The summed E-state index contributed by atoms with van der Waals surface area (Å²) in [6, 6.07) is 15.5. The summed E-state index contributed by atoms with van der Waals surface area (Å²) in [5.74, 6) is 0.571. The Morgan fingerprint density at radius 2 is 1.89 bits per heavy atom. The van der Waals surface area contributed by atoms with Gasteiger partial charge in [-0.1, -0.05) is 45.9 Å². The molecule has 0 aliphatic carbocycles. The van der Waals surface area contributed by atoms with Crippen molar-refractivity contribution >= 4 is 45.0 Å². The molecule has 0 saturated carbocycles. The number of rotatable bonds is 6. The number of H-pyrrole nitrogens is 1. The van der Waals surface area contributed by atoms with E-state index in [4.69, 9.17) is 0 Å². The second kappa shape index (κ2) is 8.58. The van der Waals surface area contributed by atoms with Gasteiger partial charge in [0.1, 0.15) is 0 Å². The van der Waals surface area contributed by atoms with Gasteiger partial charge in [-0.2, -0.15) is 0 Å². The van der Waals surface area contributed by atoms with Crippen molar-refractivity contribution in [2.24, 2.45) is 0 Å². The van der Waals surface area contributed by atoms with Crippen molar-refractivity contribution in [2.75, 3.05) is 24.3 Å². The third-order valence-electron chi connectivity index (χ3n) is 3.90. The SMILES string of the molecule is C[C@H](Sc1n[nH]c(-c2ccccc2Br)n1)C(=O)Nc1ccc(N(C)C)cc1. The first-order valence-corrected chi connectivity index (χ1v) is 10.0. The summed E-state index contributed by atoms with van der Waals surface area (Å²) in [4.78, 5) is 18.9. The molecule has 0 saturated heterocycles. The lowest BCUT2D eigenvalue weighted by Crippen LogP contribution is -2.22. The first-order valence-electron chi connectivity index (χ1n) is 8.36. The number of hydrogen-bond acceptors (Lipinski definition) is 5. The van der Waals surface area contributed by atoms with E-state index in [0.29, 0.717) is 11.0 Å². The number of aromatic amines is 1. The number of anilines is 2. The van der Waals surface area contributed by atoms with Crippen LogP contribution in [0.2, 0.25) is 0 Å². The average molecular weight is 446 g/mol. The van der Waals surface area contributed by atoms with Gasteiger partial charge in [0, 0.05) is 35.5 Å². The highest BCUT2D eigenvalue weighted by atomic mass is 79.9. The fourth-order valence-electron chi connectivity index (χ4n) is 2.37. The second-order valence-corrected chi connectivity index (χ2v) is 8.30. The number of benzene rings is 2. The molecule has 1 heterocycles. The molecule has 6 nitrogen and oxygen atoms in total. The Hall–Kier alpha value is -2.32. The van der Waals surface area contributed by atoms with E-state index < -0.39 is 0 Å². The molecule has 2 aromatic carbocycles. The maximum atomic E-state index is 12.5. The maximum absolute atomic E-state index is 12.5. The molecule has 2 N–H and O–H groups in total. The topological polar surface area (TPSA) is 73.9 Å². The van der Waals surface area contributed by atoms with Crippen molar-refractivity contribution in [3.8, 4) is 11.4 Å². The van der Waals surface area contributed by atoms with Crippen LogP contribution in [0.1, 0.15) is 6.92 Å². The number of hydrogen-bond donors (Lipinski definition) is 2. The number of aromatic nitrogens is 3. The van der Waals surface area contributed by atoms with Crippen LogP contribution in [0.4, 0.5) is 11.4 Å². The molecule has 27 heavy (non-hydrogen) atoms. The van der Waals surface area contributed by atoms with Crippen LogP contribution < -0.4 is 10.2 Å². The van der Waals surface area contributed by atoms with Crippen LogP contribution in [-0.2, 0) is 4.79 Å². The zero-order valence-electron chi connectivity index (χ0n) is 15.2. The lowest BCUT2D eigenvalue weighted by Gasteiger charge is -2.14. The molecule has 0 radical (unpaired) electrons. The van der Waals surface area contributed by atoms with E-state index in [0.717, 1.165) is 21.4 Å². The van der Waals surface area contributed by atoms with Gasteiger partial charge in [0.15, 0.2) is 5.82 Å². The van der Waals surface area contributed by atoms with Crippen molar-refractivity contribution < 1.29 is 4.79 Å². The average Bonchev–Trinajstić information content (AvgIpc) is 3.10. The lowest BCUT2D eigenvalue weighted by atomic mass is 10.2. The van der Waals surface area contributed by atoms with Crippen LogP contribution in [0.5, 0.6) is 0 Å². The van der Waals surface area contributed by atoms with Gasteiger partial charge >= 0.3 is 0 Å². The molecular weight excluding hydrogens is 426 g/mol. The van der Waals surface area contributed by atoms with E-state index in [2.05, 4.69) is 36.4 Å². The number of thioether (sulfide) groups is 1. The smallest absolute Gasteiger partial charge is 0.237 e. The van der Waals surface area contributed by atoms with E-state index in [1.54, 1.807) is 0 Å². The summed E-state index contributed by atoms with van der Waals surface area (Å²) in [6.45, 7) is 1.84. The number of nitrogens with one attached hydrogen (secondary N) is 2. The molecule has 1 amide bonds. The second-order valence-electron chi connectivity index (χ2n) is 6.14. The maximum Gasteiger partial charge on any atom is 0.237 e. The van der Waals surface area contributed by atoms with Gasteiger partial charge in [-0.3, -0.25) is 9.89 Å². The summed E-state index contributed by atoms with van der Waals surface area (Å²) in [6.07, 6.45) is 0. The van der Waals surface area contributed by atoms with Gasteiger partial charge in [0.05, 0.1) is 5.25 Å². The summed E-state index contributed by atoms with van der Waals surface area (Å²) in [5.41, 5.74) is 2.77. The molecule has 0 aliphatic rings. The summed E-state index contributed by atoms with van der Waals surface area (Å²) >= 11 is 4.82. The van der Waals surface area contributed by atoms with Crippen LogP contribution in [-0.4, -0.2) is 40.4 Å². The van der Waals surface area contributed by atoms with E-state index in [-0.39, 0.29) is 11.2 Å². The highest BCUT2D eigenvalue weighted by molar-refractivity contribution is 9.10. The van der Waals surface area contributed by atoms with Gasteiger partial charge < -0.3 is 10.2 Å². The Bertz CT molecular complexity index is 926. The standard InChI is InChI=1S/C19H20BrN5OS/c1-12(18(26)21-13-8-10-14(11-9-13)25(2)3)27-19-22-17(23-24-19)15-6-4-5-7-16(15)20/h4-12H,1-3H3,(H,21,26)(H,22,23,24)/t12-/m0/s1. The van der Waals surface area contributed by atoms with E-state index >= 15 is 0 Å². The molecular formula is C19H20BrN5OS. The van der Waals surface area contributed by atoms with Gasteiger partial charge in [-0.15, -0.1) is 5.10 Å². The van der Waals surface area contributed by atoms with Crippen molar-refractivity contribution in [2.45, 2.75) is 17.3 Å². The van der Waals surface area contributed by atoms with Crippen molar-refractivity contribution in [1.82, 2.24) is 15.2 Å². The Labute approximate surface area is 170 Å². The van der Waals surface area contributed by atoms with E-state index in [1.807, 2.05) is 74.4 Å². The molecule has 1 atom stereocenters. The van der Waals surface area contributed by atoms with Crippen LogP contribution in [0.25, 0.3) is 11.4 Å². The summed E-state index contributed by atoms with van der Waals surface area (Å²) in [7, 11) is 3.96. The van der Waals surface area contributed by atoms with Crippen LogP contribution >= 0.6 is 27.7 Å². The van der Waals surface area contributed by atoms with Crippen LogP contribution in [0.15, 0.2) is 58.2 Å². The summed E-state index contributed by atoms with van der Waals surface area (Å²) < 4.78 is 0.935. The molecule has 0 unspecified atom stereocenters. The normalized spacial score (nSPS) is 11.9. The number of nitrogens with zero attached hydrogens (tertiary/aromatic N) is 3. The van der Waals surface area contributed by atoms with Crippen molar-refractivity contribution in [3.63, 3.8) is 0 Å². The highest BCUT2D eigenvalue weighted by Gasteiger charge is 2.18. The zero-order valence-corrected chi connectivity index (χ0v) is 17.6. The van der Waals surface area contributed by atoms with Gasteiger partial charge in [-0.05, 0) is 37.3 Å². The highest BCUT2D eigenvalue weighted by Crippen LogP contribution is 2.28. The first kappa shape index (κ1) is 19.4. The van der Waals surface area contributed by atoms with E-state index in [9.17, 15) is 4.79 Å². The van der Waals surface area contributed by atoms with Gasteiger partial charge in [-0.25, -0.2) is 4.98 Å². The van der Waals surface area contributed by atoms with Gasteiger partial charge in [0.25, 0.3) is 0 Å². The minimum Gasteiger partial charge on any atom is -0.378 e. The predicted molar refractivity (Wildman–Crippen MR) is 114 cm³/mol. The third-order valence-corrected chi connectivity index (χ3v) is 5.55. The predicted octanol–water partition coefficient (Wildman–Crippen LogP) is 4.42. The van der Waals surface area contributed by atoms with Crippen molar-refractivity contribution in [3.05, 3.63) is 53.0 Å². The molecule has 0 bridgehead atoms. The molecule has 0 aliphatic heterocycles. The molecule has 0 spiro atoms. The first-order chi connectivity index (χ1) is 12.9. The number of carbonyl (C=O) groups excluding carboxylic acids is 1. The van der Waals surface area contributed by atoms with Crippen LogP contribution in [0, 0.1) is 0 Å². The number of amides is 1. The van der Waals surface area contributed by atoms with E-state index in [1.165, 1.54) is 11.8 Å². The molecule has 140 valence electrons. The molecule has 3 rings (SSSR count). The lowest BCUT2D eigenvalue weighted by molar-refractivity contribution is -0.115. The largest absolute Gasteiger partial charge is 0.378 e. The zero-order chi connectivity index (χ0) is 19.4. The summed E-state index contributed by atoms with van der Waals surface area (Å²) in [5, 5.41) is 10.3. The molecule has 3 aromatic rings. The quantitative estimate of drug-likeness (QED) is 0.549. The fourth-order valence-corrected chi connectivity index (χ4v) is 3.57. The van der Waals surface area contributed by atoms with Gasteiger partial charge in [0.2, 0.25) is 11.1 Å². The Morgan fingerprint density at radius 3 is 2.56 bits per heavy atom. The Kier molecular flexibility index (Phi) is 6.18. The molecule has 0 fully saturated rings. The Balaban J connectivity index is 1.62. The van der Waals surface area contributed by atoms with Crippen molar-refractivity contribution in [1.29, 1.82) is 0 Å². The molecule has 8 heteroatoms. The third kappa shape index (κ3) is 4.90. The number of carbonyl (C=O) groups is 1. The Morgan fingerprint density at radius 1 is 1.19 bits per heavy atom. The monoisotopic (exact) mass is 445 g/mol. The molecule has 1 aromatic heterocycles. The minimum atomic E-state index is -0.332. The fraction of sp³-hybridized carbons (Fsp3) is 0.211.